The number of nitrogens with zero attached hydrogens (tertiary/aromatic N) is 4. The van der Waals surface area contributed by atoms with E-state index in [-0.39, 0.29) is 5.28 Å². The van der Waals surface area contributed by atoms with E-state index in [0.29, 0.717) is 18.4 Å². The van der Waals surface area contributed by atoms with Crippen LogP contribution in [0.2, 0.25) is 5.28 Å². The van der Waals surface area contributed by atoms with Gasteiger partial charge >= 0.3 is 0 Å². The Morgan fingerprint density at radius 2 is 2.00 bits per heavy atom. The van der Waals surface area contributed by atoms with E-state index in [2.05, 4.69) is 46.2 Å². The Kier molecular flexibility index (Phi) is 4.24. The molecule has 0 spiro atoms. The van der Waals surface area contributed by atoms with Crippen LogP contribution in [0.25, 0.3) is 11.2 Å². The molecule has 1 atom stereocenters. The highest BCUT2D eigenvalue weighted by atomic mass is 35.5. The van der Waals surface area contributed by atoms with Crippen molar-refractivity contribution >= 4 is 28.6 Å². The third-order valence-corrected chi connectivity index (χ3v) is 3.93. The molecule has 0 amide bonds. The maximum absolute atomic E-state index is 6.08. The normalized spacial score (nSPS) is 12.5. The molecule has 114 valence electrons. The highest BCUT2D eigenvalue weighted by Crippen LogP contribution is 2.24. The van der Waals surface area contributed by atoms with Crippen molar-refractivity contribution in [2.45, 2.75) is 32.9 Å². The van der Waals surface area contributed by atoms with Crippen LogP contribution in [0.5, 0.6) is 0 Å². The first-order chi connectivity index (χ1) is 10.7. The molecule has 0 aliphatic heterocycles. The molecule has 0 fully saturated rings. The van der Waals surface area contributed by atoms with Gasteiger partial charge in [0.2, 0.25) is 5.28 Å². The van der Waals surface area contributed by atoms with Crippen molar-refractivity contribution in [3.8, 4) is 0 Å². The number of fused-ring (bicyclic) bond motifs is 1. The number of hydrogen-bond acceptors (Lipinski definition) is 4. The molecule has 2 aromatic heterocycles. The summed E-state index contributed by atoms with van der Waals surface area (Å²) in [6, 6.07) is 10.5. The van der Waals surface area contributed by atoms with Gasteiger partial charge in [0.05, 0.1) is 6.33 Å². The summed E-state index contributed by atoms with van der Waals surface area (Å²) in [4.78, 5) is 13.1. The number of anilines is 1. The average Bonchev–Trinajstić information content (AvgIpc) is 2.96. The van der Waals surface area contributed by atoms with E-state index in [0.717, 1.165) is 17.6 Å². The van der Waals surface area contributed by atoms with E-state index in [1.165, 1.54) is 5.56 Å². The second kappa shape index (κ2) is 6.32. The summed E-state index contributed by atoms with van der Waals surface area (Å²) in [5.74, 6) is 0.668. The lowest BCUT2D eigenvalue weighted by Crippen LogP contribution is -2.06. The minimum Gasteiger partial charge on any atom is -0.364 e. The molecule has 22 heavy (non-hydrogen) atoms. The molecule has 5 nitrogen and oxygen atoms in total. The van der Waals surface area contributed by atoms with E-state index in [1.54, 1.807) is 6.33 Å². The molecular formula is C16H18ClN5. The molecule has 0 aliphatic rings. The van der Waals surface area contributed by atoms with Crippen molar-refractivity contribution in [3.05, 3.63) is 47.5 Å². The Morgan fingerprint density at radius 3 is 2.73 bits per heavy atom. The standard InChI is InChI=1S/C16H18ClN5/c1-3-11(2)22-10-19-13-14(20-16(17)21-15(13)22)18-9-12-7-5-4-6-8-12/h4-8,10-11H,3,9H2,1-2H3,(H,18,20,21). The molecule has 0 saturated carbocycles. The topological polar surface area (TPSA) is 55.6 Å². The molecule has 1 unspecified atom stereocenters. The first kappa shape index (κ1) is 14.8. The van der Waals surface area contributed by atoms with Crippen LogP contribution in [0.1, 0.15) is 31.9 Å². The highest BCUT2D eigenvalue weighted by molar-refractivity contribution is 6.28. The van der Waals surface area contributed by atoms with Gasteiger partial charge in [0.1, 0.15) is 0 Å². The van der Waals surface area contributed by atoms with Crippen LogP contribution in [0.3, 0.4) is 0 Å². The monoisotopic (exact) mass is 315 g/mol. The molecule has 0 saturated heterocycles. The molecule has 0 radical (unpaired) electrons. The van der Waals surface area contributed by atoms with Gasteiger partial charge in [0.15, 0.2) is 17.0 Å². The summed E-state index contributed by atoms with van der Waals surface area (Å²) < 4.78 is 2.04. The number of benzene rings is 1. The van der Waals surface area contributed by atoms with Gasteiger partial charge in [0, 0.05) is 12.6 Å². The van der Waals surface area contributed by atoms with Gasteiger partial charge in [-0.3, -0.25) is 0 Å². The third kappa shape index (κ3) is 2.90. The molecule has 6 heteroatoms. The van der Waals surface area contributed by atoms with Gasteiger partial charge in [-0.15, -0.1) is 0 Å². The van der Waals surface area contributed by atoms with Crippen LogP contribution in [0.15, 0.2) is 36.7 Å². The lowest BCUT2D eigenvalue weighted by atomic mass is 10.2. The largest absolute Gasteiger partial charge is 0.364 e. The zero-order valence-corrected chi connectivity index (χ0v) is 13.4. The van der Waals surface area contributed by atoms with Crippen LogP contribution in [0.4, 0.5) is 5.82 Å². The number of aromatic nitrogens is 4. The number of rotatable bonds is 5. The second-order valence-corrected chi connectivity index (χ2v) is 5.60. The lowest BCUT2D eigenvalue weighted by molar-refractivity contribution is 0.541. The molecule has 1 aromatic carbocycles. The number of imidazole rings is 1. The molecular weight excluding hydrogens is 298 g/mol. The van der Waals surface area contributed by atoms with Crippen LogP contribution >= 0.6 is 11.6 Å². The Morgan fingerprint density at radius 1 is 1.23 bits per heavy atom. The first-order valence-electron chi connectivity index (χ1n) is 7.37. The smallest absolute Gasteiger partial charge is 0.226 e. The molecule has 1 N–H and O–H groups in total. The van der Waals surface area contributed by atoms with E-state index in [9.17, 15) is 0 Å². The van der Waals surface area contributed by atoms with E-state index in [1.807, 2.05) is 22.8 Å². The molecule has 2 heterocycles. The molecule has 3 aromatic rings. The zero-order chi connectivity index (χ0) is 15.5. The number of nitrogens with one attached hydrogen (secondary N) is 1. The summed E-state index contributed by atoms with van der Waals surface area (Å²) in [6.45, 7) is 4.93. The van der Waals surface area contributed by atoms with Crippen LogP contribution in [0, 0.1) is 0 Å². The maximum Gasteiger partial charge on any atom is 0.226 e. The molecule has 3 rings (SSSR count). The zero-order valence-electron chi connectivity index (χ0n) is 12.6. The predicted octanol–water partition coefficient (Wildman–Crippen LogP) is 4.06. The third-order valence-electron chi connectivity index (χ3n) is 3.76. The first-order valence-corrected chi connectivity index (χ1v) is 7.74. The van der Waals surface area contributed by atoms with Crippen LogP contribution < -0.4 is 5.32 Å². The van der Waals surface area contributed by atoms with Gasteiger partial charge in [-0.25, -0.2) is 4.98 Å². The Balaban J connectivity index is 1.94. The summed E-state index contributed by atoms with van der Waals surface area (Å²) >= 11 is 6.08. The van der Waals surface area contributed by atoms with Crippen molar-refractivity contribution in [2.24, 2.45) is 0 Å². The van der Waals surface area contributed by atoms with Crippen molar-refractivity contribution in [1.82, 2.24) is 19.5 Å². The van der Waals surface area contributed by atoms with Gasteiger partial charge in [-0.2, -0.15) is 9.97 Å². The van der Waals surface area contributed by atoms with E-state index in [4.69, 9.17) is 11.6 Å². The fraction of sp³-hybridized carbons (Fsp3) is 0.312. The van der Waals surface area contributed by atoms with Crippen molar-refractivity contribution in [3.63, 3.8) is 0 Å². The fourth-order valence-corrected chi connectivity index (χ4v) is 2.48. The molecule has 0 aliphatic carbocycles. The van der Waals surface area contributed by atoms with Gasteiger partial charge < -0.3 is 9.88 Å². The van der Waals surface area contributed by atoms with E-state index >= 15 is 0 Å². The number of halogens is 1. The second-order valence-electron chi connectivity index (χ2n) is 5.26. The quantitative estimate of drug-likeness (QED) is 0.721. The van der Waals surface area contributed by atoms with Gasteiger partial charge in [-0.1, -0.05) is 37.3 Å². The fourth-order valence-electron chi connectivity index (χ4n) is 2.31. The summed E-state index contributed by atoms with van der Waals surface area (Å²) in [6.07, 6.45) is 2.80. The summed E-state index contributed by atoms with van der Waals surface area (Å²) in [5, 5.41) is 3.53. The predicted molar refractivity (Wildman–Crippen MR) is 89.1 cm³/mol. The Labute approximate surface area is 134 Å². The van der Waals surface area contributed by atoms with Crippen LogP contribution in [-0.2, 0) is 6.54 Å². The Bertz CT molecular complexity index is 769. The summed E-state index contributed by atoms with van der Waals surface area (Å²) in [7, 11) is 0. The summed E-state index contributed by atoms with van der Waals surface area (Å²) in [5.41, 5.74) is 2.69. The van der Waals surface area contributed by atoms with Crippen molar-refractivity contribution < 1.29 is 0 Å². The molecule has 0 bridgehead atoms. The minimum atomic E-state index is 0.230. The van der Waals surface area contributed by atoms with Gasteiger partial charge in [0.25, 0.3) is 0 Å². The maximum atomic E-state index is 6.08. The van der Waals surface area contributed by atoms with Gasteiger partial charge in [-0.05, 0) is 30.5 Å². The number of hydrogen-bond donors (Lipinski definition) is 1. The van der Waals surface area contributed by atoms with Crippen molar-refractivity contribution in [2.75, 3.05) is 5.32 Å². The van der Waals surface area contributed by atoms with Crippen molar-refractivity contribution in [1.29, 1.82) is 0 Å². The SMILES string of the molecule is CCC(C)n1cnc2c(NCc3ccccc3)nc(Cl)nc21. The highest BCUT2D eigenvalue weighted by Gasteiger charge is 2.14. The lowest BCUT2D eigenvalue weighted by Gasteiger charge is -2.11. The minimum absolute atomic E-state index is 0.230. The Hall–Kier alpha value is -2.14. The average molecular weight is 316 g/mol. The van der Waals surface area contributed by atoms with E-state index < -0.39 is 0 Å². The van der Waals surface area contributed by atoms with Crippen LogP contribution in [-0.4, -0.2) is 19.5 Å².